The standard InChI is InChI=1S/C15H18N2OS/c1-11(14-7-9-19-10-14)17-15(18)13-4-2-12(3-5-13)6-8-16/h2-5,7,9-11H,6,8,16H2,1H3,(H,17,18). The SMILES string of the molecule is CC(NC(=O)c1ccc(CCN)cc1)c1ccsc1. The molecule has 0 aliphatic heterocycles. The lowest BCUT2D eigenvalue weighted by Crippen LogP contribution is -2.26. The smallest absolute Gasteiger partial charge is 0.251 e. The molecule has 2 aromatic rings. The Bertz CT molecular complexity index is 520. The number of carbonyl (C=O) groups is 1. The van der Waals surface area contributed by atoms with Crippen molar-refractivity contribution in [2.24, 2.45) is 5.73 Å². The average molecular weight is 274 g/mol. The number of hydrogen-bond donors (Lipinski definition) is 2. The molecule has 1 aromatic carbocycles. The molecule has 1 heterocycles. The van der Waals surface area contributed by atoms with E-state index in [1.165, 1.54) is 0 Å². The van der Waals surface area contributed by atoms with E-state index in [1.807, 2.05) is 42.6 Å². The molecule has 100 valence electrons. The van der Waals surface area contributed by atoms with Crippen LogP contribution in [-0.4, -0.2) is 12.5 Å². The van der Waals surface area contributed by atoms with Crippen LogP contribution < -0.4 is 11.1 Å². The van der Waals surface area contributed by atoms with E-state index >= 15 is 0 Å². The zero-order valence-electron chi connectivity index (χ0n) is 10.9. The number of benzene rings is 1. The van der Waals surface area contributed by atoms with Gasteiger partial charge in [-0.25, -0.2) is 0 Å². The monoisotopic (exact) mass is 274 g/mol. The predicted molar refractivity (Wildman–Crippen MR) is 79.4 cm³/mol. The van der Waals surface area contributed by atoms with E-state index in [0.29, 0.717) is 12.1 Å². The van der Waals surface area contributed by atoms with Gasteiger partial charge in [-0.15, -0.1) is 0 Å². The molecule has 0 aliphatic rings. The Labute approximate surface area is 117 Å². The predicted octanol–water partition coefficient (Wildman–Crippen LogP) is 2.74. The van der Waals surface area contributed by atoms with E-state index in [9.17, 15) is 4.79 Å². The summed E-state index contributed by atoms with van der Waals surface area (Å²) in [5.74, 6) is -0.0435. The summed E-state index contributed by atoms with van der Waals surface area (Å²) in [6.45, 7) is 2.61. The summed E-state index contributed by atoms with van der Waals surface area (Å²) in [5.41, 5.74) is 8.48. The van der Waals surface area contributed by atoms with Crippen LogP contribution in [0.2, 0.25) is 0 Å². The molecule has 1 atom stereocenters. The van der Waals surface area contributed by atoms with Gasteiger partial charge in [-0.2, -0.15) is 11.3 Å². The Morgan fingerprint density at radius 2 is 2.05 bits per heavy atom. The molecule has 3 nitrogen and oxygen atoms in total. The van der Waals surface area contributed by atoms with Crippen LogP contribution in [0.4, 0.5) is 0 Å². The topological polar surface area (TPSA) is 55.1 Å². The lowest BCUT2D eigenvalue weighted by molar-refractivity contribution is 0.0940. The maximum Gasteiger partial charge on any atom is 0.251 e. The molecule has 0 saturated heterocycles. The third kappa shape index (κ3) is 3.66. The summed E-state index contributed by atoms with van der Waals surface area (Å²) in [5, 5.41) is 7.06. The highest BCUT2D eigenvalue weighted by Crippen LogP contribution is 2.16. The minimum atomic E-state index is -0.0435. The molecule has 0 saturated carbocycles. The molecule has 0 aliphatic carbocycles. The number of thiophene rings is 1. The Morgan fingerprint density at radius 3 is 2.63 bits per heavy atom. The van der Waals surface area contributed by atoms with Gasteiger partial charge in [-0.05, 0) is 60.0 Å². The van der Waals surface area contributed by atoms with Crippen LogP contribution in [-0.2, 0) is 6.42 Å². The maximum atomic E-state index is 12.1. The average Bonchev–Trinajstić information content (AvgIpc) is 2.94. The van der Waals surface area contributed by atoms with Gasteiger partial charge in [0.25, 0.3) is 5.91 Å². The molecule has 19 heavy (non-hydrogen) atoms. The molecule has 0 radical (unpaired) electrons. The first-order chi connectivity index (χ1) is 9.20. The van der Waals surface area contributed by atoms with Gasteiger partial charge >= 0.3 is 0 Å². The fourth-order valence-electron chi connectivity index (χ4n) is 1.87. The number of amides is 1. The second-order valence-electron chi connectivity index (χ2n) is 4.49. The fourth-order valence-corrected chi connectivity index (χ4v) is 2.63. The number of hydrogen-bond acceptors (Lipinski definition) is 3. The molecule has 1 aromatic heterocycles. The van der Waals surface area contributed by atoms with Crippen molar-refractivity contribution >= 4 is 17.2 Å². The van der Waals surface area contributed by atoms with Gasteiger partial charge in [0.1, 0.15) is 0 Å². The second kappa shape index (κ2) is 6.50. The van der Waals surface area contributed by atoms with Crippen LogP contribution in [0.3, 0.4) is 0 Å². The van der Waals surface area contributed by atoms with Crippen molar-refractivity contribution < 1.29 is 4.79 Å². The van der Waals surface area contributed by atoms with Gasteiger partial charge in [0.2, 0.25) is 0 Å². The van der Waals surface area contributed by atoms with E-state index < -0.39 is 0 Å². The van der Waals surface area contributed by atoms with E-state index in [-0.39, 0.29) is 11.9 Å². The van der Waals surface area contributed by atoms with E-state index in [0.717, 1.165) is 17.5 Å². The van der Waals surface area contributed by atoms with Crippen LogP contribution in [0.5, 0.6) is 0 Å². The Balaban J connectivity index is 1.99. The molecule has 1 amide bonds. The van der Waals surface area contributed by atoms with Crippen LogP contribution in [0.25, 0.3) is 0 Å². The van der Waals surface area contributed by atoms with Crippen molar-refractivity contribution in [3.8, 4) is 0 Å². The molecule has 4 heteroatoms. The zero-order chi connectivity index (χ0) is 13.7. The highest BCUT2D eigenvalue weighted by molar-refractivity contribution is 7.07. The molecule has 3 N–H and O–H groups in total. The van der Waals surface area contributed by atoms with Crippen molar-refractivity contribution in [3.63, 3.8) is 0 Å². The highest BCUT2D eigenvalue weighted by atomic mass is 32.1. The van der Waals surface area contributed by atoms with Crippen molar-refractivity contribution in [2.45, 2.75) is 19.4 Å². The van der Waals surface area contributed by atoms with Crippen molar-refractivity contribution in [1.29, 1.82) is 0 Å². The van der Waals surface area contributed by atoms with Crippen LogP contribution in [0.1, 0.15) is 34.5 Å². The summed E-state index contributed by atoms with van der Waals surface area (Å²) in [7, 11) is 0. The van der Waals surface area contributed by atoms with Crippen molar-refractivity contribution in [3.05, 3.63) is 57.8 Å². The van der Waals surface area contributed by atoms with Gasteiger partial charge in [-0.1, -0.05) is 12.1 Å². The Kier molecular flexibility index (Phi) is 4.71. The highest BCUT2D eigenvalue weighted by Gasteiger charge is 2.11. The van der Waals surface area contributed by atoms with E-state index in [4.69, 9.17) is 5.73 Å². The molecule has 2 rings (SSSR count). The third-order valence-electron chi connectivity index (χ3n) is 3.04. The normalized spacial score (nSPS) is 12.1. The molecular formula is C15H18N2OS. The van der Waals surface area contributed by atoms with E-state index in [1.54, 1.807) is 11.3 Å². The second-order valence-corrected chi connectivity index (χ2v) is 5.27. The van der Waals surface area contributed by atoms with E-state index in [2.05, 4.69) is 10.7 Å². The molecule has 0 fully saturated rings. The largest absolute Gasteiger partial charge is 0.345 e. The Hall–Kier alpha value is -1.65. The van der Waals surface area contributed by atoms with Crippen molar-refractivity contribution in [1.82, 2.24) is 5.32 Å². The summed E-state index contributed by atoms with van der Waals surface area (Å²) in [6, 6.07) is 9.66. The lowest BCUT2D eigenvalue weighted by atomic mass is 10.1. The molecule has 1 unspecified atom stereocenters. The van der Waals surface area contributed by atoms with Crippen LogP contribution in [0, 0.1) is 0 Å². The fraction of sp³-hybridized carbons (Fsp3) is 0.267. The van der Waals surface area contributed by atoms with Gasteiger partial charge in [-0.3, -0.25) is 4.79 Å². The number of carbonyl (C=O) groups excluding carboxylic acids is 1. The maximum absolute atomic E-state index is 12.1. The Morgan fingerprint density at radius 1 is 1.32 bits per heavy atom. The van der Waals surface area contributed by atoms with Crippen molar-refractivity contribution in [2.75, 3.05) is 6.54 Å². The van der Waals surface area contributed by atoms with Gasteiger partial charge in [0, 0.05) is 5.56 Å². The third-order valence-corrected chi connectivity index (χ3v) is 3.74. The molecule has 0 bridgehead atoms. The minimum Gasteiger partial charge on any atom is -0.345 e. The minimum absolute atomic E-state index is 0.0301. The van der Waals surface area contributed by atoms with Crippen LogP contribution >= 0.6 is 11.3 Å². The van der Waals surface area contributed by atoms with Gasteiger partial charge in [0.05, 0.1) is 6.04 Å². The number of nitrogens with one attached hydrogen (secondary N) is 1. The molecular weight excluding hydrogens is 256 g/mol. The number of rotatable bonds is 5. The van der Waals surface area contributed by atoms with Gasteiger partial charge in [0.15, 0.2) is 0 Å². The first-order valence-electron chi connectivity index (χ1n) is 6.32. The van der Waals surface area contributed by atoms with Gasteiger partial charge < -0.3 is 11.1 Å². The summed E-state index contributed by atoms with van der Waals surface area (Å²) < 4.78 is 0. The summed E-state index contributed by atoms with van der Waals surface area (Å²) in [4.78, 5) is 12.1. The lowest BCUT2D eigenvalue weighted by Gasteiger charge is -2.12. The van der Waals surface area contributed by atoms with Crippen LogP contribution in [0.15, 0.2) is 41.1 Å². The summed E-state index contributed by atoms with van der Waals surface area (Å²) >= 11 is 1.64. The quantitative estimate of drug-likeness (QED) is 0.881. The molecule has 0 spiro atoms. The first kappa shape index (κ1) is 13.8. The first-order valence-corrected chi connectivity index (χ1v) is 7.27. The number of nitrogens with two attached hydrogens (primary N) is 1. The zero-order valence-corrected chi connectivity index (χ0v) is 11.7. The summed E-state index contributed by atoms with van der Waals surface area (Å²) in [6.07, 6.45) is 0.840.